The van der Waals surface area contributed by atoms with E-state index in [1.54, 1.807) is 0 Å². The fourth-order valence-corrected chi connectivity index (χ4v) is 1.74. The molecule has 0 bridgehead atoms. The molecule has 0 N–H and O–H groups in total. The van der Waals surface area contributed by atoms with Gasteiger partial charge in [0.25, 0.3) is 0 Å². The van der Waals surface area contributed by atoms with Gasteiger partial charge in [-0.25, -0.2) is 0 Å². The largest absolute Gasteiger partial charge is 0.339 e. The molecule has 2 atom stereocenters. The third-order valence-electron chi connectivity index (χ3n) is 2.35. The molecule has 1 aliphatic rings. The molecule has 0 amide bonds. The second-order valence-electron chi connectivity index (χ2n) is 4.02. The highest BCUT2D eigenvalue weighted by molar-refractivity contribution is 5.22. The van der Waals surface area contributed by atoms with Crippen molar-refractivity contribution in [2.24, 2.45) is 0 Å². The van der Waals surface area contributed by atoms with Gasteiger partial charge >= 0.3 is 0 Å². The summed E-state index contributed by atoms with van der Waals surface area (Å²) in [6.07, 6.45) is -0.811. The molecule has 0 radical (unpaired) electrons. The van der Waals surface area contributed by atoms with Crippen LogP contribution in [0.25, 0.3) is 0 Å². The maximum absolute atomic E-state index is 8.97. The second-order valence-corrected chi connectivity index (χ2v) is 4.02. The summed E-state index contributed by atoms with van der Waals surface area (Å²) in [7, 11) is 0. The minimum atomic E-state index is -0.680. The predicted molar refractivity (Wildman–Crippen MR) is 54.8 cm³/mol. The highest BCUT2D eigenvalue weighted by Gasteiger charge is 2.42. The minimum absolute atomic E-state index is 0.286. The Morgan fingerprint density at radius 1 is 1.20 bits per heavy atom. The number of rotatable bonds is 1. The smallest absolute Gasteiger partial charge is 0.177 e. The molecule has 1 aliphatic heterocycles. The maximum Gasteiger partial charge on any atom is 0.177 e. The lowest BCUT2D eigenvalue weighted by Gasteiger charge is -2.16. The van der Waals surface area contributed by atoms with Gasteiger partial charge < -0.3 is 9.47 Å². The third kappa shape index (κ3) is 2.01. The Labute approximate surface area is 89.2 Å². The van der Waals surface area contributed by atoms with Gasteiger partial charge in [-0.2, -0.15) is 5.26 Å². The lowest BCUT2D eigenvalue weighted by atomic mass is 10.1. The fourth-order valence-electron chi connectivity index (χ4n) is 1.74. The summed E-state index contributed by atoms with van der Waals surface area (Å²) in [5, 5.41) is 8.97. The maximum atomic E-state index is 8.97. The van der Waals surface area contributed by atoms with E-state index in [1.165, 1.54) is 0 Å². The molecule has 78 valence electrons. The topological polar surface area (TPSA) is 42.2 Å². The van der Waals surface area contributed by atoms with Crippen molar-refractivity contribution < 1.29 is 9.47 Å². The summed E-state index contributed by atoms with van der Waals surface area (Å²) in [6.45, 7) is 3.64. The summed E-state index contributed by atoms with van der Waals surface area (Å²) < 4.78 is 11.2. The third-order valence-corrected chi connectivity index (χ3v) is 2.35. The first kappa shape index (κ1) is 10.2. The van der Waals surface area contributed by atoms with Gasteiger partial charge in [-0.15, -0.1) is 0 Å². The van der Waals surface area contributed by atoms with Crippen molar-refractivity contribution in [1.29, 1.82) is 5.26 Å². The summed E-state index contributed by atoms with van der Waals surface area (Å²) >= 11 is 0. The molecule has 1 aromatic carbocycles. The van der Waals surface area contributed by atoms with Gasteiger partial charge in [-0.05, 0) is 19.4 Å². The van der Waals surface area contributed by atoms with Crippen LogP contribution in [0.4, 0.5) is 0 Å². The zero-order valence-corrected chi connectivity index (χ0v) is 8.81. The van der Waals surface area contributed by atoms with Crippen molar-refractivity contribution in [3.05, 3.63) is 35.9 Å². The van der Waals surface area contributed by atoms with Crippen LogP contribution in [0.1, 0.15) is 25.5 Å². The van der Waals surface area contributed by atoms with Crippen LogP contribution >= 0.6 is 0 Å². The first-order valence-electron chi connectivity index (χ1n) is 4.92. The van der Waals surface area contributed by atoms with Crippen LogP contribution < -0.4 is 0 Å². The number of benzene rings is 1. The Morgan fingerprint density at radius 2 is 1.87 bits per heavy atom. The highest BCUT2D eigenvalue weighted by Crippen LogP contribution is 2.37. The zero-order valence-electron chi connectivity index (χ0n) is 8.81. The molecule has 0 saturated carbocycles. The minimum Gasteiger partial charge on any atom is -0.339 e. The molecule has 3 heteroatoms. The van der Waals surface area contributed by atoms with Gasteiger partial charge in [0.05, 0.1) is 6.07 Å². The molecule has 3 nitrogen and oxygen atoms in total. The monoisotopic (exact) mass is 203 g/mol. The van der Waals surface area contributed by atoms with Crippen molar-refractivity contribution in [3.63, 3.8) is 0 Å². The Kier molecular flexibility index (Phi) is 2.47. The van der Waals surface area contributed by atoms with E-state index in [-0.39, 0.29) is 6.10 Å². The van der Waals surface area contributed by atoms with Crippen LogP contribution in [0, 0.1) is 11.3 Å². The molecule has 1 saturated heterocycles. The number of ether oxygens (including phenoxy) is 2. The first-order valence-corrected chi connectivity index (χ1v) is 4.92. The van der Waals surface area contributed by atoms with Gasteiger partial charge in [0.1, 0.15) is 6.10 Å². The Morgan fingerprint density at radius 3 is 2.47 bits per heavy atom. The van der Waals surface area contributed by atoms with Gasteiger partial charge in [-0.3, -0.25) is 0 Å². The van der Waals surface area contributed by atoms with Crippen molar-refractivity contribution in [1.82, 2.24) is 0 Å². The Bertz CT molecular complexity index is 380. The molecule has 1 fully saturated rings. The van der Waals surface area contributed by atoms with Crippen LogP contribution in [-0.2, 0) is 9.47 Å². The average molecular weight is 203 g/mol. The zero-order chi connectivity index (χ0) is 10.9. The second kappa shape index (κ2) is 3.65. The fraction of sp³-hybridized carbons (Fsp3) is 0.417. The van der Waals surface area contributed by atoms with Crippen molar-refractivity contribution in [2.75, 3.05) is 0 Å². The average Bonchev–Trinajstić information content (AvgIpc) is 2.55. The SMILES string of the molecule is CC1(C)O[C@@H](C#N)[C@@H](c2ccccc2)O1. The molecule has 2 rings (SSSR count). The van der Waals surface area contributed by atoms with Crippen LogP contribution in [0.3, 0.4) is 0 Å². The Hall–Kier alpha value is -1.37. The number of nitriles is 1. The molecular formula is C12H13NO2. The van der Waals surface area contributed by atoms with E-state index in [0.29, 0.717) is 0 Å². The van der Waals surface area contributed by atoms with E-state index >= 15 is 0 Å². The molecule has 1 aromatic rings. The van der Waals surface area contributed by atoms with Crippen LogP contribution in [0.2, 0.25) is 0 Å². The van der Waals surface area contributed by atoms with E-state index in [9.17, 15) is 0 Å². The first-order chi connectivity index (χ1) is 7.12. The highest BCUT2D eigenvalue weighted by atomic mass is 16.7. The van der Waals surface area contributed by atoms with Crippen LogP contribution in [0.5, 0.6) is 0 Å². The van der Waals surface area contributed by atoms with Crippen LogP contribution in [-0.4, -0.2) is 11.9 Å². The van der Waals surface area contributed by atoms with Crippen LogP contribution in [0.15, 0.2) is 30.3 Å². The molecule has 0 unspecified atom stereocenters. The van der Waals surface area contributed by atoms with E-state index in [2.05, 4.69) is 6.07 Å². The van der Waals surface area contributed by atoms with Crippen molar-refractivity contribution in [2.45, 2.75) is 31.8 Å². The van der Waals surface area contributed by atoms with E-state index in [0.717, 1.165) is 5.56 Å². The standard InChI is InChI=1S/C12H13NO2/c1-12(2)14-10(8-13)11(15-12)9-6-4-3-5-7-9/h3-7,10-11H,1-2H3/t10-,11+/m0/s1. The summed E-state index contributed by atoms with van der Waals surface area (Å²) in [5.41, 5.74) is 0.981. The predicted octanol–water partition coefficient (Wildman–Crippen LogP) is 2.40. The molecule has 0 aromatic heterocycles. The number of nitrogens with zero attached hydrogens (tertiary/aromatic N) is 1. The van der Waals surface area contributed by atoms with Crippen molar-refractivity contribution in [3.8, 4) is 6.07 Å². The lowest BCUT2D eigenvalue weighted by Crippen LogP contribution is -2.20. The molecule has 15 heavy (non-hydrogen) atoms. The molecule has 1 heterocycles. The summed E-state index contributed by atoms with van der Waals surface area (Å²) in [5.74, 6) is -0.680. The lowest BCUT2D eigenvalue weighted by molar-refractivity contribution is -0.143. The molecule has 0 spiro atoms. The quantitative estimate of drug-likeness (QED) is 0.703. The summed E-state index contributed by atoms with van der Waals surface area (Å²) in [6, 6.07) is 11.8. The summed E-state index contributed by atoms with van der Waals surface area (Å²) in [4.78, 5) is 0. The number of hydrogen-bond donors (Lipinski definition) is 0. The van der Waals surface area contributed by atoms with Gasteiger partial charge in [0, 0.05) is 0 Å². The van der Waals surface area contributed by atoms with Gasteiger partial charge in [0.2, 0.25) is 0 Å². The Balaban J connectivity index is 2.27. The molecule has 0 aliphatic carbocycles. The molecular weight excluding hydrogens is 190 g/mol. The van der Waals surface area contributed by atoms with E-state index < -0.39 is 11.9 Å². The number of hydrogen-bond acceptors (Lipinski definition) is 3. The van der Waals surface area contributed by atoms with Gasteiger partial charge in [-0.1, -0.05) is 30.3 Å². The van der Waals surface area contributed by atoms with Gasteiger partial charge in [0.15, 0.2) is 11.9 Å². The van der Waals surface area contributed by atoms with E-state index in [1.807, 2.05) is 44.2 Å². The normalized spacial score (nSPS) is 28.6. The van der Waals surface area contributed by atoms with E-state index in [4.69, 9.17) is 14.7 Å². The van der Waals surface area contributed by atoms with Crippen molar-refractivity contribution >= 4 is 0 Å².